The minimum atomic E-state index is 0.810. The first-order chi connectivity index (χ1) is 8.38. The van der Waals surface area contributed by atoms with Crippen molar-refractivity contribution in [3.8, 4) is 11.4 Å². The van der Waals surface area contributed by atoms with Crippen LogP contribution in [0.5, 0.6) is 0 Å². The van der Waals surface area contributed by atoms with Gasteiger partial charge in [0.15, 0.2) is 5.65 Å². The minimum absolute atomic E-state index is 0.810. The number of aromatic nitrogens is 4. The normalized spacial score (nSPS) is 10.9. The summed E-state index contributed by atoms with van der Waals surface area (Å²) in [6.45, 7) is 2.09. The molecule has 0 atom stereocenters. The number of nitrogens with zero attached hydrogens (tertiary/aromatic N) is 4. The van der Waals surface area contributed by atoms with Crippen LogP contribution in [0.4, 0.5) is 0 Å². The lowest BCUT2D eigenvalue weighted by Gasteiger charge is -1.98. The van der Waals surface area contributed by atoms with Crippen molar-refractivity contribution in [3.05, 3.63) is 48.4 Å². The van der Waals surface area contributed by atoms with Crippen LogP contribution in [0.25, 0.3) is 17.0 Å². The summed E-state index contributed by atoms with van der Waals surface area (Å²) in [7, 11) is 0. The molecule has 83 valence electrons. The Morgan fingerprint density at radius 1 is 1.29 bits per heavy atom. The van der Waals surface area contributed by atoms with Gasteiger partial charge in [0.05, 0.1) is 11.9 Å². The third kappa shape index (κ3) is 1.67. The smallest absolute Gasteiger partial charge is 0.156 e. The third-order valence-corrected chi connectivity index (χ3v) is 2.66. The first-order valence-electron chi connectivity index (χ1n) is 5.55. The molecule has 1 radical (unpaired) electrons. The summed E-state index contributed by atoms with van der Waals surface area (Å²) < 4.78 is 1.85. The van der Waals surface area contributed by atoms with Gasteiger partial charge in [0.1, 0.15) is 5.69 Å². The Morgan fingerprint density at radius 2 is 2.24 bits per heavy atom. The monoisotopic (exact) mass is 223 g/mol. The molecule has 3 heterocycles. The van der Waals surface area contributed by atoms with Gasteiger partial charge >= 0.3 is 0 Å². The lowest BCUT2D eigenvalue weighted by molar-refractivity contribution is 0.850. The number of hydrogen-bond acceptors (Lipinski definition) is 3. The standard InChI is InChI=1S/C13H11N4/c1-2-10-6-8-15-13-9-12(16-17(10)13)11-5-3-4-7-14-11/h3-7,9H,2H2,1H3. The highest BCUT2D eigenvalue weighted by Gasteiger charge is 2.07. The molecule has 0 aliphatic carbocycles. The molecule has 0 N–H and O–H groups in total. The molecule has 0 saturated heterocycles. The van der Waals surface area contributed by atoms with E-state index >= 15 is 0 Å². The van der Waals surface area contributed by atoms with Crippen molar-refractivity contribution in [2.24, 2.45) is 0 Å². The minimum Gasteiger partial charge on any atom is -0.255 e. The summed E-state index contributed by atoms with van der Waals surface area (Å²) in [6, 6.07) is 9.58. The molecule has 0 aliphatic rings. The maximum atomic E-state index is 4.53. The molecular formula is C13H11N4. The Labute approximate surface area is 99.0 Å². The molecule has 0 aliphatic heterocycles. The quantitative estimate of drug-likeness (QED) is 0.668. The van der Waals surface area contributed by atoms with Gasteiger partial charge in [-0.25, -0.2) is 9.50 Å². The van der Waals surface area contributed by atoms with Gasteiger partial charge in [-0.2, -0.15) is 5.10 Å². The lowest BCUT2D eigenvalue weighted by Crippen LogP contribution is -1.98. The second-order valence-electron chi connectivity index (χ2n) is 3.74. The van der Waals surface area contributed by atoms with Crippen molar-refractivity contribution < 1.29 is 0 Å². The van der Waals surface area contributed by atoms with Crippen LogP contribution in [0.15, 0.2) is 36.5 Å². The zero-order valence-electron chi connectivity index (χ0n) is 9.46. The highest BCUT2D eigenvalue weighted by Crippen LogP contribution is 2.16. The first-order valence-corrected chi connectivity index (χ1v) is 5.55. The predicted molar refractivity (Wildman–Crippen MR) is 64.4 cm³/mol. The van der Waals surface area contributed by atoms with Crippen LogP contribution in [0, 0.1) is 6.20 Å². The van der Waals surface area contributed by atoms with Crippen molar-refractivity contribution in [3.63, 3.8) is 0 Å². The Bertz CT molecular complexity index is 643. The van der Waals surface area contributed by atoms with E-state index in [4.69, 9.17) is 0 Å². The molecule has 3 aromatic rings. The third-order valence-electron chi connectivity index (χ3n) is 2.66. The molecule has 0 saturated carbocycles. The predicted octanol–water partition coefficient (Wildman–Crippen LogP) is 2.15. The fraction of sp³-hybridized carbons (Fsp3) is 0.154. The van der Waals surface area contributed by atoms with Gasteiger partial charge in [-0.05, 0) is 24.6 Å². The Hall–Kier alpha value is -2.23. The number of aryl methyl sites for hydroxylation is 1. The summed E-state index contributed by atoms with van der Waals surface area (Å²) in [5, 5.41) is 4.53. The first kappa shape index (κ1) is 9.96. The zero-order chi connectivity index (χ0) is 11.7. The second-order valence-corrected chi connectivity index (χ2v) is 3.74. The van der Waals surface area contributed by atoms with Gasteiger partial charge in [-0.3, -0.25) is 4.98 Å². The van der Waals surface area contributed by atoms with Gasteiger partial charge in [-0.1, -0.05) is 13.0 Å². The molecule has 4 heteroatoms. The molecular weight excluding hydrogens is 212 g/mol. The molecule has 0 bridgehead atoms. The topological polar surface area (TPSA) is 43.1 Å². The van der Waals surface area contributed by atoms with Gasteiger partial charge in [0.25, 0.3) is 0 Å². The van der Waals surface area contributed by atoms with Gasteiger partial charge in [0, 0.05) is 18.0 Å². The summed E-state index contributed by atoms with van der Waals surface area (Å²) >= 11 is 0. The maximum Gasteiger partial charge on any atom is 0.156 e. The fourth-order valence-corrected chi connectivity index (χ4v) is 1.79. The van der Waals surface area contributed by atoms with E-state index in [0.717, 1.165) is 29.1 Å². The maximum absolute atomic E-state index is 4.53. The van der Waals surface area contributed by atoms with Crippen LogP contribution in [-0.4, -0.2) is 19.6 Å². The molecule has 3 rings (SSSR count). The van der Waals surface area contributed by atoms with Gasteiger partial charge < -0.3 is 0 Å². The average molecular weight is 223 g/mol. The van der Waals surface area contributed by atoms with E-state index in [9.17, 15) is 0 Å². The summed E-state index contributed by atoms with van der Waals surface area (Å²) in [5.74, 6) is 0. The van der Waals surface area contributed by atoms with E-state index in [1.807, 2.05) is 34.8 Å². The summed E-state index contributed by atoms with van der Waals surface area (Å²) in [5.41, 5.74) is 3.61. The van der Waals surface area contributed by atoms with E-state index in [-0.39, 0.29) is 0 Å². The number of rotatable bonds is 2. The zero-order valence-corrected chi connectivity index (χ0v) is 9.46. The SMILES string of the molecule is CCc1c[c]nc2cc(-c3ccccn3)nn12. The number of fused-ring (bicyclic) bond motifs is 1. The Balaban J connectivity index is 2.20. The van der Waals surface area contributed by atoms with Crippen molar-refractivity contribution in [1.82, 2.24) is 19.6 Å². The van der Waals surface area contributed by atoms with Crippen molar-refractivity contribution in [1.29, 1.82) is 0 Å². The Kier molecular flexibility index (Phi) is 2.33. The summed E-state index contributed by atoms with van der Waals surface area (Å²) in [6.07, 6.45) is 5.55. The van der Waals surface area contributed by atoms with Crippen molar-refractivity contribution >= 4 is 5.65 Å². The van der Waals surface area contributed by atoms with E-state index in [1.54, 1.807) is 6.20 Å². The fourth-order valence-electron chi connectivity index (χ4n) is 1.79. The van der Waals surface area contributed by atoms with E-state index in [2.05, 4.69) is 28.2 Å². The average Bonchev–Trinajstić information content (AvgIpc) is 2.83. The van der Waals surface area contributed by atoms with Crippen molar-refractivity contribution in [2.75, 3.05) is 0 Å². The highest BCUT2D eigenvalue weighted by atomic mass is 15.3. The summed E-state index contributed by atoms with van der Waals surface area (Å²) in [4.78, 5) is 8.47. The molecule has 0 amide bonds. The van der Waals surface area contributed by atoms with Gasteiger partial charge in [0.2, 0.25) is 0 Å². The molecule has 4 nitrogen and oxygen atoms in total. The molecule has 0 fully saturated rings. The molecule has 0 unspecified atom stereocenters. The number of hydrogen-bond donors (Lipinski definition) is 0. The van der Waals surface area contributed by atoms with E-state index < -0.39 is 0 Å². The van der Waals surface area contributed by atoms with Crippen LogP contribution >= 0.6 is 0 Å². The molecule has 3 aromatic heterocycles. The van der Waals surface area contributed by atoms with E-state index in [1.165, 1.54) is 0 Å². The molecule has 0 spiro atoms. The molecule has 0 aromatic carbocycles. The van der Waals surface area contributed by atoms with Crippen LogP contribution in [0.1, 0.15) is 12.6 Å². The molecule has 17 heavy (non-hydrogen) atoms. The number of pyridine rings is 1. The Morgan fingerprint density at radius 3 is 3.00 bits per heavy atom. The lowest BCUT2D eigenvalue weighted by atomic mass is 10.3. The van der Waals surface area contributed by atoms with Crippen LogP contribution in [0.3, 0.4) is 0 Å². The van der Waals surface area contributed by atoms with E-state index in [0.29, 0.717) is 0 Å². The van der Waals surface area contributed by atoms with Gasteiger partial charge in [-0.15, -0.1) is 0 Å². The second kappa shape index (κ2) is 3.97. The van der Waals surface area contributed by atoms with Crippen LogP contribution in [-0.2, 0) is 6.42 Å². The van der Waals surface area contributed by atoms with Crippen molar-refractivity contribution in [2.45, 2.75) is 13.3 Å². The highest BCUT2D eigenvalue weighted by molar-refractivity contribution is 5.60. The van der Waals surface area contributed by atoms with Crippen LogP contribution < -0.4 is 0 Å². The largest absolute Gasteiger partial charge is 0.255 e. The van der Waals surface area contributed by atoms with Crippen LogP contribution in [0.2, 0.25) is 0 Å².